The lowest BCUT2D eigenvalue weighted by molar-refractivity contribution is -0.123. The molecule has 1 atom stereocenters. The summed E-state index contributed by atoms with van der Waals surface area (Å²) >= 11 is 0. The molecule has 5 nitrogen and oxygen atoms in total. The SMILES string of the molecule is CC(C(=O)NCc1ccccc1)n1c(N)nc2ccccc21. The number of benzene rings is 2. The fraction of sp³-hybridized carbons (Fsp3) is 0.176. The number of imidazole rings is 1. The zero-order chi connectivity index (χ0) is 15.5. The molecule has 5 heteroatoms. The number of aromatic nitrogens is 2. The van der Waals surface area contributed by atoms with E-state index in [9.17, 15) is 4.79 Å². The van der Waals surface area contributed by atoms with Crippen molar-refractivity contribution in [1.29, 1.82) is 0 Å². The largest absolute Gasteiger partial charge is 0.369 e. The molecular formula is C17H18N4O. The quantitative estimate of drug-likeness (QED) is 0.776. The minimum atomic E-state index is -0.420. The third-order valence-corrected chi connectivity index (χ3v) is 3.70. The maximum atomic E-state index is 12.4. The normalized spacial score (nSPS) is 12.2. The molecule has 1 unspecified atom stereocenters. The number of nitrogens with two attached hydrogens (primary N) is 1. The number of nitrogen functional groups attached to an aromatic ring is 1. The summed E-state index contributed by atoms with van der Waals surface area (Å²) in [5, 5.41) is 2.94. The molecule has 0 aliphatic carbocycles. The van der Waals surface area contributed by atoms with Crippen LogP contribution in [0.1, 0.15) is 18.5 Å². The van der Waals surface area contributed by atoms with Gasteiger partial charge in [0.2, 0.25) is 11.9 Å². The third kappa shape index (κ3) is 2.65. The average Bonchev–Trinajstić information content (AvgIpc) is 2.88. The van der Waals surface area contributed by atoms with Crippen molar-refractivity contribution in [3.63, 3.8) is 0 Å². The van der Waals surface area contributed by atoms with Crippen LogP contribution in [0, 0.1) is 0 Å². The van der Waals surface area contributed by atoms with Gasteiger partial charge in [0.25, 0.3) is 0 Å². The van der Waals surface area contributed by atoms with Crippen molar-refractivity contribution in [2.45, 2.75) is 19.5 Å². The minimum absolute atomic E-state index is 0.0845. The average molecular weight is 294 g/mol. The van der Waals surface area contributed by atoms with Crippen molar-refractivity contribution in [3.05, 3.63) is 60.2 Å². The van der Waals surface area contributed by atoms with Crippen LogP contribution in [0.3, 0.4) is 0 Å². The fourth-order valence-corrected chi connectivity index (χ4v) is 2.52. The van der Waals surface area contributed by atoms with Gasteiger partial charge >= 0.3 is 0 Å². The first-order valence-electron chi connectivity index (χ1n) is 7.21. The van der Waals surface area contributed by atoms with Crippen molar-refractivity contribution in [3.8, 4) is 0 Å². The number of nitrogens with zero attached hydrogens (tertiary/aromatic N) is 2. The van der Waals surface area contributed by atoms with Gasteiger partial charge in [-0.1, -0.05) is 42.5 Å². The number of amides is 1. The minimum Gasteiger partial charge on any atom is -0.369 e. The topological polar surface area (TPSA) is 72.9 Å². The summed E-state index contributed by atoms with van der Waals surface area (Å²) in [5.74, 6) is 0.266. The molecule has 0 spiro atoms. The molecule has 22 heavy (non-hydrogen) atoms. The van der Waals surface area contributed by atoms with Crippen LogP contribution in [0.25, 0.3) is 11.0 Å². The molecule has 3 aromatic rings. The maximum absolute atomic E-state index is 12.4. The van der Waals surface area contributed by atoms with E-state index in [-0.39, 0.29) is 5.91 Å². The number of nitrogens with one attached hydrogen (secondary N) is 1. The van der Waals surface area contributed by atoms with E-state index < -0.39 is 6.04 Å². The van der Waals surface area contributed by atoms with Crippen LogP contribution in [0.15, 0.2) is 54.6 Å². The van der Waals surface area contributed by atoms with Crippen molar-refractivity contribution >= 4 is 22.9 Å². The molecule has 0 bridgehead atoms. The molecule has 1 amide bonds. The van der Waals surface area contributed by atoms with Crippen LogP contribution < -0.4 is 11.1 Å². The number of para-hydroxylation sites is 2. The number of hydrogen-bond acceptors (Lipinski definition) is 3. The zero-order valence-corrected chi connectivity index (χ0v) is 12.4. The highest BCUT2D eigenvalue weighted by atomic mass is 16.2. The van der Waals surface area contributed by atoms with Gasteiger partial charge in [-0.25, -0.2) is 4.98 Å². The molecule has 0 saturated carbocycles. The lowest BCUT2D eigenvalue weighted by Gasteiger charge is -2.16. The number of rotatable bonds is 4. The molecular weight excluding hydrogens is 276 g/mol. The number of anilines is 1. The van der Waals surface area contributed by atoms with Crippen LogP contribution in [-0.4, -0.2) is 15.5 Å². The summed E-state index contributed by atoms with van der Waals surface area (Å²) in [6, 6.07) is 17.0. The fourth-order valence-electron chi connectivity index (χ4n) is 2.52. The van der Waals surface area contributed by atoms with Crippen molar-refractivity contribution in [2.24, 2.45) is 0 Å². The number of carbonyl (C=O) groups excluding carboxylic acids is 1. The summed E-state index contributed by atoms with van der Waals surface area (Å²) in [6.45, 7) is 2.32. The summed E-state index contributed by atoms with van der Waals surface area (Å²) in [6.07, 6.45) is 0. The summed E-state index contributed by atoms with van der Waals surface area (Å²) in [4.78, 5) is 16.7. The van der Waals surface area contributed by atoms with Crippen molar-refractivity contribution < 1.29 is 4.79 Å². The first kappa shape index (κ1) is 14.1. The van der Waals surface area contributed by atoms with Crippen LogP contribution in [-0.2, 0) is 11.3 Å². The smallest absolute Gasteiger partial charge is 0.243 e. The molecule has 0 fully saturated rings. The van der Waals surface area contributed by atoms with Gasteiger partial charge in [0.15, 0.2) is 0 Å². The predicted octanol–water partition coefficient (Wildman–Crippen LogP) is 2.50. The van der Waals surface area contributed by atoms with Gasteiger partial charge in [-0.3, -0.25) is 9.36 Å². The first-order valence-corrected chi connectivity index (χ1v) is 7.21. The van der Waals surface area contributed by atoms with Crippen molar-refractivity contribution in [2.75, 3.05) is 5.73 Å². The van der Waals surface area contributed by atoms with E-state index >= 15 is 0 Å². The van der Waals surface area contributed by atoms with Crippen LogP contribution in [0.5, 0.6) is 0 Å². The van der Waals surface area contributed by atoms with Gasteiger partial charge in [0, 0.05) is 6.54 Å². The second-order valence-electron chi connectivity index (χ2n) is 5.21. The molecule has 2 aromatic carbocycles. The van der Waals surface area contributed by atoms with Gasteiger partial charge in [-0.2, -0.15) is 0 Å². The highest BCUT2D eigenvalue weighted by Gasteiger charge is 2.19. The summed E-state index contributed by atoms with van der Waals surface area (Å²) in [5.41, 5.74) is 8.69. The lowest BCUT2D eigenvalue weighted by Crippen LogP contribution is -2.31. The Labute approximate surface area is 128 Å². The van der Waals surface area contributed by atoms with E-state index in [1.54, 1.807) is 4.57 Å². The van der Waals surface area contributed by atoms with E-state index in [4.69, 9.17) is 5.73 Å². The molecule has 0 aliphatic heterocycles. The van der Waals surface area contributed by atoms with Gasteiger partial charge in [0.1, 0.15) is 6.04 Å². The van der Waals surface area contributed by atoms with Crippen molar-refractivity contribution in [1.82, 2.24) is 14.9 Å². The van der Waals surface area contributed by atoms with Gasteiger partial charge in [0.05, 0.1) is 11.0 Å². The summed E-state index contributed by atoms with van der Waals surface area (Å²) in [7, 11) is 0. The first-order chi connectivity index (χ1) is 10.7. The molecule has 3 N–H and O–H groups in total. The van der Waals surface area contributed by atoms with Gasteiger partial charge in [-0.15, -0.1) is 0 Å². The number of fused-ring (bicyclic) bond motifs is 1. The Morgan fingerprint density at radius 2 is 1.86 bits per heavy atom. The van der Waals surface area contributed by atoms with E-state index in [0.717, 1.165) is 16.6 Å². The molecule has 3 rings (SSSR count). The molecule has 0 saturated heterocycles. The second-order valence-corrected chi connectivity index (χ2v) is 5.21. The van der Waals surface area contributed by atoms with E-state index in [0.29, 0.717) is 12.5 Å². The van der Waals surface area contributed by atoms with E-state index in [2.05, 4.69) is 10.3 Å². The monoisotopic (exact) mass is 294 g/mol. The zero-order valence-electron chi connectivity index (χ0n) is 12.4. The Kier molecular flexibility index (Phi) is 3.78. The molecule has 0 aliphatic rings. The van der Waals surface area contributed by atoms with Crippen LogP contribution in [0.4, 0.5) is 5.95 Å². The molecule has 1 heterocycles. The standard InChI is InChI=1S/C17H18N4O/c1-12(16(22)19-11-13-7-3-2-4-8-13)21-15-10-6-5-9-14(15)20-17(21)18/h2-10,12H,11H2,1H3,(H2,18,20)(H,19,22). The molecule has 0 radical (unpaired) electrons. The van der Waals surface area contributed by atoms with Gasteiger partial charge in [-0.05, 0) is 24.6 Å². The number of carbonyl (C=O) groups is 1. The van der Waals surface area contributed by atoms with E-state index in [1.165, 1.54) is 0 Å². The Morgan fingerprint density at radius 1 is 1.18 bits per heavy atom. The Morgan fingerprint density at radius 3 is 2.64 bits per heavy atom. The Balaban J connectivity index is 1.79. The van der Waals surface area contributed by atoms with Crippen LogP contribution >= 0.6 is 0 Å². The predicted molar refractivity (Wildman–Crippen MR) is 87.1 cm³/mol. The molecule has 112 valence electrons. The maximum Gasteiger partial charge on any atom is 0.243 e. The lowest BCUT2D eigenvalue weighted by atomic mass is 10.2. The Bertz CT molecular complexity index is 795. The number of hydrogen-bond donors (Lipinski definition) is 2. The molecule has 1 aromatic heterocycles. The third-order valence-electron chi connectivity index (χ3n) is 3.70. The van der Waals surface area contributed by atoms with Gasteiger partial charge < -0.3 is 11.1 Å². The Hall–Kier alpha value is -2.82. The van der Waals surface area contributed by atoms with E-state index in [1.807, 2.05) is 61.5 Å². The highest BCUT2D eigenvalue weighted by Crippen LogP contribution is 2.22. The summed E-state index contributed by atoms with van der Waals surface area (Å²) < 4.78 is 1.76. The second kappa shape index (κ2) is 5.89. The van der Waals surface area contributed by atoms with Crippen LogP contribution in [0.2, 0.25) is 0 Å². The highest BCUT2D eigenvalue weighted by molar-refractivity contribution is 5.85.